The summed E-state index contributed by atoms with van der Waals surface area (Å²) in [6, 6.07) is 9.06. The van der Waals surface area contributed by atoms with Gasteiger partial charge in [0.25, 0.3) is 11.8 Å². The molecule has 42 heavy (non-hydrogen) atoms. The lowest BCUT2D eigenvalue weighted by Gasteiger charge is -2.35. The molecule has 3 N–H and O–H groups in total. The van der Waals surface area contributed by atoms with Crippen LogP contribution >= 0.6 is 0 Å². The zero-order chi connectivity index (χ0) is 29.9. The molecule has 1 amide bonds. The normalized spacial score (nSPS) is 17.8. The average molecular weight is 579 g/mol. The third kappa shape index (κ3) is 6.47. The van der Waals surface area contributed by atoms with Gasteiger partial charge in [-0.2, -0.15) is 5.26 Å². The van der Waals surface area contributed by atoms with Crippen LogP contribution in [0.2, 0.25) is 0 Å². The number of ether oxygens (including phenoxy) is 1. The van der Waals surface area contributed by atoms with E-state index in [-0.39, 0.29) is 41.8 Å². The molecule has 3 heterocycles. The fraction of sp³-hybridized carbons (Fsp3) is 0.562. The maximum atomic E-state index is 14.9. The Morgan fingerprint density at radius 2 is 2.07 bits per heavy atom. The van der Waals surface area contributed by atoms with Crippen LogP contribution in [0.15, 0.2) is 24.3 Å². The molecule has 1 atom stereocenters. The molecule has 2 aromatic rings. The monoisotopic (exact) mass is 578 g/mol. The van der Waals surface area contributed by atoms with E-state index in [1.54, 1.807) is 6.07 Å². The minimum absolute atomic E-state index is 0.0135. The van der Waals surface area contributed by atoms with Crippen LogP contribution in [-0.2, 0) is 23.7 Å². The maximum Gasteiger partial charge on any atom is 0.270 e. The lowest BCUT2D eigenvalue weighted by atomic mass is 9.80. The molecule has 224 valence electrons. The molecule has 0 spiro atoms. The number of halogens is 2. The number of nitrogens with one attached hydrogen (secondary N) is 3. The number of carbonyl (C=O) groups excluding carboxylic acids is 1. The summed E-state index contributed by atoms with van der Waals surface area (Å²) >= 11 is 0. The van der Waals surface area contributed by atoms with Gasteiger partial charge in [0, 0.05) is 48.7 Å². The number of alkyl halides is 2. The summed E-state index contributed by atoms with van der Waals surface area (Å²) in [5.74, 6) is -2.09. The van der Waals surface area contributed by atoms with Crippen LogP contribution in [0, 0.1) is 28.6 Å². The zero-order valence-corrected chi connectivity index (χ0v) is 24.4. The molecule has 1 aromatic carbocycles. The van der Waals surface area contributed by atoms with Crippen molar-refractivity contribution in [1.29, 1.82) is 10.7 Å². The van der Waals surface area contributed by atoms with Gasteiger partial charge in [-0.05, 0) is 72.7 Å². The van der Waals surface area contributed by atoms with E-state index in [1.165, 1.54) is 30.2 Å². The summed E-state index contributed by atoms with van der Waals surface area (Å²) in [5.41, 5.74) is 2.56. The van der Waals surface area contributed by atoms with Crippen molar-refractivity contribution >= 4 is 23.3 Å². The molecule has 10 heteroatoms. The number of nitrogens with zero attached hydrogens (tertiary/aromatic N) is 3. The summed E-state index contributed by atoms with van der Waals surface area (Å²) in [7, 11) is 0. The van der Waals surface area contributed by atoms with Crippen molar-refractivity contribution in [3.8, 4) is 6.07 Å². The zero-order valence-electron chi connectivity index (χ0n) is 24.4. The molecule has 1 saturated heterocycles. The highest BCUT2D eigenvalue weighted by Gasteiger charge is 2.39. The molecule has 2 fully saturated rings. The van der Waals surface area contributed by atoms with Crippen LogP contribution in [0.4, 0.5) is 20.4 Å². The number of pyridine rings is 1. The van der Waals surface area contributed by atoms with E-state index in [2.05, 4.69) is 16.7 Å². The quantitative estimate of drug-likeness (QED) is 0.184. The molecule has 1 aromatic heterocycles. The number of rotatable bonds is 14. The van der Waals surface area contributed by atoms with E-state index in [4.69, 9.17) is 20.4 Å². The third-order valence-electron chi connectivity index (χ3n) is 8.60. The highest BCUT2D eigenvalue weighted by Crippen LogP contribution is 2.40. The van der Waals surface area contributed by atoms with Crippen LogP contribution < -0.4 is 15.5 Å². The predicted octanol–water partition coefficient (Wildman–Crippen LogP) is 6.12. The van der Waals surface area contributed by atoms with Gasteiger partial charge in [0.05, 0.1) is 32.2 Å². The molecule has 1 unspecified atom stereocenters. The molecular formula is C32H40F2N6O2. The average Bonchev–Trinajstić information content (AvgIpc) is 3.22. The fourth-order valence-corrected chi connectivity index (χ4v) is 6.09. The molecule has 1 saturated carbocycles. The number of carbonyl (C=O) groups is 1. The number of nitriles is 1. The van der Waals surface area contributed by atoms with E-state index in [0.29, 0.717) is 67.1 Å². The largest absolute Gasteiger partial charge is 0.381 e. The molecule has 0 bridgehead atoms. The molecule has 1 aliphatic carbocycles. The minimum atomic E-state index is -3.12. The first kappa shape index (κ1) is 30.1. The summed E-state index contributed by atoms with van der Waals surface area (Å²) in [5, 5.41) is 24.4. The van der Waals surface area contributed by atoms with Crippen molar-refractivity contribution in [3.63, 3.8) is 0 Å². The van der Waals surface area contributed by atoms with Gasteiger partial charge in [-0.25, -0.2) is 13.8 Å². The van der Waals surface area contributed by atoms with Gasteiger partial charge < -0.3 is 20.8 Å². The topological polar surface area (TPSA) is 114 Å². The Balaban J connectivity index is 1.49. The lowest BCUT2D eigenvalue weighted by molar-refractivity contribution is -0.0359. The molecule has 3 aliphatic rings. The third-order valence-corrected chi connectivity index (χ3v) is 8.60. The summed E-state index contributed by atoms with van der Waals surface area (Å²) < 4.78 is 35.3. The Morgan fingerprint density at radius 1 is 1.29 bits per heavy atom. The van der Waals surface area contributed by atoms with Gasteiger partial charge in [0.2, 0.25) is 0 Å². The predicted molar refractivity (Wildman–Crippen MR) is 158 cm³/mol. The van der Waals surface area contributed by atoms with E-state index < -0.39 is 5.92 Å². The second kappa shape index (κ2) is 12.8. The first-order chi connectivity index (χ1) is 20.2. The summed E-state index contributed by atoms with van der Waals surface area (Å²) in [6.45, 7) is 5.63. The van der Waals surface area contributed by atoms with Crippen molar-refractivity contribution < 1.29 is 18.3 Å². The van der Waals surface area contributed by atoms with Crippen LogP contribution in [0.3, 0.4) is 0 Å². The van der Waals surface area contributed by atoms with Crippen molar-refractivity contribution in [2.24, 2.45) is 11.8 Å². The Hall–Kier alpha value is -3.42. The number of fused-ring (bicyclic) bond motifs is 1. The second-order valence-corrected chi connectivity index (χ2v) is 11.9. The van der Waals surface area contributed by atoms with E-state index in [9.17, 15) is 13.6 Å². The highest BCUT2D eigenvalue weighted by atomic mass is 19.3. The van der Waals surface area contributed by atoms with Crippen molar-refractivity contribution in [3.05, 3.63) is 52.1 Å². The van der Waals surface area contributed by atoms with Crippen LogP contribution in [0.25, 0.3) is 0 Å². The fourth-order valence-electron chi connectivity index (χ4n) is 6.09. The first-order valence-corrected chi connectivity index (χ1v) is 15.0. The van der Waals surface area contributed by atoms with Gasteiger partial charge in [0.15, 0.2) is 0 Å². The van der Waals surface area contributed by atoms with E-state index >= 15 is 0 Å². The van der Waals surface area contributed by atoms with Crippen LogP contribution in [-0.4, -0.2) is 42.9 Å². The number of anilines is 2. The Morgan fingerprint density at radius 3 is 2.69 bits per heavy atom. The SMILES string of the molecule is CCCC(=N)C(c1cc(NCCC#N)nc(N2Cc3c(cc(CNCC4CCC4)cc3C(C)(F)F)C2=O)c1)C1COC1. The standard InChI is InChI=1S/C32H40F2N6O2/c1-3-6-27(36)30(23-18-42-19-23)22-13-28(38-10-5-9-35)39-29(14-22)40-17-25-24(31(40)41)11-21(12-26(25)32(2,33)34)16-37-15-20-7-4-8-20/h11-14,20,23,30,36-37H,3-8,10,15-19H2,1-2H3,(H,38,39). The molecule has 5 rings (SSSR count). The Labute approximate surface area is 246 Å². The van der Waals surface area contributed by atoms with Gasteiger partial charge in [-0.1, -0.05) is 19.8 Å². The maximum absolute atomic E-state index is 14.9. The van der Waals surface area contributed by atoms with Crippen LogP contribution in [0.5, 0.6) is 0 Å². The Kier molecular flexibility index (Phi) is 9.19. The first-order valence-electron chi connectivity index (χ1n) is 15.0. The van der Waals surface area contributed by atoms with Crippen molar-refractivity contribution in [2.75, 3.05) is 36.5 Å². The van der Waals surface area contributed by atoms with Gasteiger partial charge in [-0.15, -0.1) is 0 Å². The molecule has 0 radical (unpaired) electrons. The van der Waals surface area contributed by atoms with E-state index in [0.717, 1.165) is 25.5 Å². The second-order valence-electron chi connectivity index (χ2n) is 11.9. The molecule has 2 aliphatic heterocycles. The smallest absolute Gasteiger partial charge is 0.270 e. The van der Waals surface area contributed by atoms with Crippen LogP contribution in [0.1, 0.15) is 90.9 Å². The summed E-state index contributed by atoms with van der Waals surface area (Å²) in [4.78, 5) is 20.0. The number of hydrogen-bond donors (Lipinski definition) is 3. The minimum Gasteiger partial charge on any atom is -0.381 e. The van der Waals surface area contributed by atoms with Crippen molar-refractivity contribution in [2.45, 2.75) is 77.3 Å². The Bertz CT molecular complexity index is 1360. The van der Waals surface area contributed by atoms with E-state index in [1.807, 2.05) is 19.1 Å². The molecule has 8 nitrogen and oxygen atoms in total. The number of amides is 1. The van der Waals surface area contributed by atoms with Crippen molar-refractivity contribution in [1.82, 2.24) is 10.3 Å². The van der Waals surface area contributed by atoms with Gasteiger partial charge in [0.1, 0.15) is 11.6 Å². The summed E-state index contributed by atoms with van der Waals surface area (Å²) in [6.07, 6.45) is 5.36. The lowest BCUT2D eigenvalue weighted by Crippen LogP contribution is -2.37. The molecular weight excluding hydrogens is 538 g/mol. The number of aromatic nitrogens is 1. The highest BCUT2D eigenvalue weighted by molar-refractivity contribution is 6.10. The number of hydrogen-bond acceptors (Lipinski definition) is 7. The van der Waals surface area contributed by atoms with Gasteiger partial charge in [-0.3, -0.25) is 9.69 Å². The number of benzene rings is 1. The van der Waals surface area contributed by atoms with Gasteiger partial charge >= 0.3 is 0 Å².